The molecule has 0 saturated carbocycles. The highest BCUT2D eigenvalue weighted by Gasteiger charge is 2.05. The van der Waals surface area contributed by atoms with Crippen LogP contribution in [0.3, 0.4) is 0 Å². The zero-order valence-corrected chi connectivity index (χ0v) is 13.7. The predicted molar refractivity (Wildman–Crippen MR) is 90.6 cm³/mol. The molecular weight excluding hydrogens is 306 g/mol. The average Bonchev–Trinajstić information content (AvgIpc) is 2.97. The summed E-state index contributed by atoms with van der Waals surface area (Å²) in [4.78, 5) is 13.4. The van der Waals surface area contributed by atoms with Gasteiger partial charge in [-0.25, -0.2) is 0 Å². The van der Waals surface area contributed by atoms with Crippen molar-refractivity contribution < 1.29 is 9.21 Å². The van der Waals surface area contributed by atoms with Crippen LogP contribution in [-0.4, -0.2) is 35.9 Å². The maximum atomic E-state index is 11.7. The quantitative estimate of drug-likeness (QED) is 0.642. The summed E-state index contributed by atoms with van der Waals surface area (Å²) in [6, 6.07) is 3.82. The maximum absolute atomic E-state index is 11.7. The molecule has 0 atom stereocenters. The Bertz CT molecular complexity index is 461. The Kier molecular flexibility index (Phi) is 8.61. The molecule has 0 aromatic carbocycles. The van der Waals surface area contributed by atoms with E-state index in [-0.39, 0.29) is 5.91 Å². The summed E-state index contributed by atoms with van der Waals surface area (Å²) in [6.45, 7) is 4.52. The zero-order valence-electron chi connectivity index (χ0n) is 12.1. The van der Waals surface area contributed by atoms with Crippen LogP contribution in [0.1, 0.15) is 5.76 Å². The predicted octanol–water partition coefficient (Wildman–Crippen LogP) is 2.20. The van der Waals surface area contributed by atoms with Gasteiger partial charge in [-0.2, -0.15) is 11.8 Å². The van der Waals surface area contributed by atoms with Crippen molar-refractivity contribution >= 4 is 29.4 Å². The first-order valence-corrected chi connectivity index (χ1v) is 8.57. The molecule has 1 rings (SSSR count). The second-order valence-corrected chi connectivity index (χ2v) is 6.27. The summed E-state index contributed by atoms with van der Waals surface area (Å²) in [6.07, 6.45) is 4.79. The fraction of sp³-hybridized carbons (Fsp3) is 0.357. The number of nitrogens with two attached hydrogens (primary N) is 1. The van der Waals surface area contributed by atoms with Gasteiger partial charge in [0.2, 0.25) is 5.91 Å². The van der Waals surface area contributed by atoms with Crippen molar-refractivity contribution in [2.75, 3.05) is 25.1 Å². The van der Waals surface area contributed by atoms with Gasteiger partial charge in [-0.1, -0.05) is 18.3 Å². The molecule has 7 heteroatoms. The van der Waals surface area contributed by atoms with Gasteiger partial charge in [-0.15, -0.1) is 0 Å². The third-order valence-electron chi connectivity index (χ3n) is 2.47. The summed E-state index contributed by atoms with van der Waals surface area (Å²) >= 11 is 3.11. The van der Waals surface area contributed by atoms with E-state index in [1.54, 1.807) is 29.1 Å². The molecule has 1 heterocycles. The van der Waals surface area contributed by atoms with Crippen molar-refractivity contribution in [2.45, 2.75) is 5.75 Å². The van der Waals surface area contributed by atoms with Crippen molar-refractivity contribution in [3.05, 3.63) is 48.2 Å². The number of hydrogen-bond donors (Lipinski definition) is 2. The Balaban J connectivity index is 2.04. The van der Waals surface area contributed by atoms with E-state index in [9.17, 15) is 4.79 Å². The van der Waals surface area contributed by atoms with Gasteiger partial charge in [0.05, 0.1) is 22.8 Å². The fourth-order valence-electron chi connectivity index (χ4n) is 1.34. The molecule has 21 heavy (non-hydrogen) atoms. The molecule has 0 aliphatic heterocycles. The molecule has 1 amide bonds. The summed E-state index contributed by atoms with van der Waals surface area (Å²) in [5.74, 6) is 2.99. The van der Waals surface area contributed by atoms with E-state index in [2.05, 4.69) is 11.9 Å². The molecule has 0 aliphatic carbocycles. The van der Waals surface area contributed by atoms with E-state index < -0.39 is 0 Å². The number of amides is 1. The molecule has 5 nitrogen and oxygen atoms in total. The molecule has 116 valence electrons. The van der Waals surface area contributed by atoms with Crippen molar-refractivity contribution in [1.82, 2.24) is 10.2 Å². The normalized spacial score (nSPS) is 10.7. The average molecular weight is 327 g/mol. The largest absolute Gasteiger partial charge is 0.468 e. The Morgan fingerprint density at radius 3 is 3.10 bits per heavy atom. The van der Waals surface area contributed by atoms with Gasteiger partial charge in [0, 0.05) is 31.7 Å². The molecule has 0 unspecified atom stereocenters. The molecule has 1 aromatic rings. The molecule has 0 aliphatic rings. The minimum Gasteiger partial charge on any atom is -0.468 e. The van der Waals surface area contributed by atoms with Crippen LogP contribution in [0.4, 0.5) is 0 Å². The van der Waals surface area contributed by atoms with Gasteiger partial charge in [0.25, 0.3) is 0 Å². The van der Waals surface area contributed by atoms with Crippen molar-refractivity contribution in [3.8, 4) is 0 Å². The van der Waals surface area contributed by atoms with Gasteiger partial charge < -0.3 is 20.4 Å². The Labute approximate surface area is 134 Å². The first-order chi connectivity index (χ1) is 10.1. The van der Waals surface area contributed by atoms with E-state index in [1.807, 2.05) is 19.2 Å². The van der Waals surface area contributed by atoms with Crippen LogP contribution < -0.4 is 11.1 Å². The van der Waals surface area contributed by atoms with Crippen LogP contribution in [0.15, 0.2) is 46.8 Å². The minimum absolute atomic E-state index is 0.00452. The number of rotatable bonds is 10. The van der Waals surface area contributed by atoms with Gasteiger partial charge >= 0.3 is 0 Å². The molecule has 0 bridgehead atoms. The Morgan fingerprint density at radius 2 is 2.43 bits per heavy atom. The van der Waals surface area contributed by atoms with Crippen molar-refractivity contribution in [2.24, 2.45) is 5.73 Å². The van der Waals surface area contributed by atoms with E-state index >= 15 is 0 Å². The highest BCUT2D eigenvalue weighted by atomic mass is 32.2. The van der Waals surface area contributed by atoms with Crippen LogP contribution in [-0.2, 0) is 10.5 Å². The molecular formula is C14H21N3O2S2. The summed E-state index contributed by atoms with van der Waals surface area (Å²) in [7, 11) is 1.84. The number of carbonyl (C=O) groups excluding carboxylic acids is 1. The lowest BCUT2D eigenvalue weighted by molar-refractivity contribution is -0.118. The Morgan fingerprint density at radius 1 is 1.62 bits per heavy atom. The minimum atomic E-state index is 0.00452. The standard InChI is InChI=1S/C14H21N3O2S2/c1-12(17(2)7-5-15)21-11-14(18)16-6-9-20-10-13-4-3-8-19-13/h3-5,7-8H,1,6,9-11,15H2,2H3,(H,16,18)/b7-5-. The third kappa shape index (κ3) is 7.77. The molecule has 0 spiro atoms. The Hall–Kier alpha value is -1.47. The fourth-order valence-corrected chi connectivity index (χ4v) is 2.76. The van der Waals surface area contributed by atoms with E-state index in [0.29, 0.717) is 12.3 Å². The molecule has 3 N–H and O–H groups in total. The number of thioether (sulfide) groups is 2. The first kappa shape index (κ1) is 17.6. The van der Waals surface area contributed by atoms with E-state index in [0.717, 1.165) is 22.3 Å². The lowest BCUT2D eigenvalue weighted by Crippen LogP contribution is -2.27. The monoisotopic (exact) mass is 327 g/mol. The highest BCUT2D eigenvalue weighted by molar-refractivity contribution is 8.03. The van der Waals surface area contributed by atoms with Crippen LogP contribution in [0, 0.1) is 0 Å². The first-order valence-electron chi connectivity index (χ1n) is 6.43. The van der Waals surface area contributed by atoms with Crippen LogP contribution >= 0.6 is 23.5 Å². The van der Waals surface area contributed by atoms with E-state index in [4.69, 9.17) is 10.2 Å². The molecule has 0 fully saturated rings. The third-order valence-corrected chi connectivity index (χ3v) is 4.48. The van der Waals surface area contributed by atoms with Crippen LogP contribution in [0.2, 0.25) is 0 Å². The summed E-state index contributed by atoms with van der Waals surface area (Å²) in [5, 5.41) is 3.65. The van der Waals surface area contributed by atoms with E-state index in [1.165, 1.54) is 18.0 Å². The molecule has 0 radical (unpaired) electrons. The lowest BCUT2D eigenvalue weighted by Gasteiger charge is -2.15. The number of nitrogens with zero attached hydrogens (tertiary/aromatic N) is 1. The van der Waals surface area contributed by atoms with Gasteiger partial charge in [-0.3, -0.25) is 4.79 Å². The topological polar surface area (TPSA) is 71.5 Å². The van der Waals surface area contributed by atoms with Crippen LogP contribution in [0.25, 0.3) is 0 Å². The van der Waals surface area contributed by atoms with Crippen LogP contribution in [0.5, 0.6) is 0 Å². The molecule has 0 saturated heterocycles. The van der Waals surface area contributed by atoms with Gasteiger partial charge in [0.15, 0.2) is 0 Å². The smallest absolute Gasteiger partial charge is 0.230 e. The second-order valence-electron chi connectivity index (χ2n) is 4.12. The molecule has 1 aromatic heterocycles. The maximum Gasteiger partial charge on any atom is 0.230 e. The SMILES string of the molecule is C=C(SCC(=O)NCCSCc1ccco1)N(C)/C=C\N. The summed E-state index contributed by atoms with van der Waals surface area (Å²) in [5.41, 5.74) is 5.29. The number of nitrogens with one attached hydrogen (secondary N) is 1. The zero-order chi connectivity index (χ0) is 15.5. The summed E-state index contributed by atoms with van der Waals surface area (Å²) < 4.78 is 5.23. The van der Waals surface area contributed by atoms with Crippen molar-refractivity contribution in [3.63, 3.8) is 0 Å². The number of furan rings is 1. The number of hydrogen-bond acceptors (Lipinski definition) is 6. The number of carbonyl (C=O) groups is 1. The van der Waals surface area contributed by atoms with Gasteiger partial charge in [0.1, 0.15) is 5.76 Å². The van der Waals surface area contributed by atoms with Gasteiger partial charge in [-0.05, 0) is 12.1 Å². The second kappa shape index (κ2) is 10.3. The highest BCUT2D eigenvalue weighted by Crippen LogP contribution is 2.16. The lowest BCUT2D eigenvalue weighted by atomic mass is 10.5. The van der Waals surface area contributed by atoms with Crippen molar-refractivity contribution in [1.29, 1.82) is 0 Å².